The van der Waals surface area contributed by atoms with Gasteiger partial charge in [-0.25, -0.2) is 0 Å². The molecule has 0 bridgehead atoms. The highest BCUT2D eigenvalue weighted by atomic mass is 16.3. The van der Waals surface area contributed by atoms with E-state index in [1.54, 1.807) is 0 Å². The van der Waals surface area contributed by atoms with Crippen molar-refractivity contribution < 1.29 is 5.11 Å². The Bertz CT molecular complexity index is 312. The maximum atomic E-state index is 9.65. The Morgan fingerprint density at radius 2 is 2.06 bits per heavy atom. The van der Waals surface area contributed by atoms with Crippen molar-refractivity contribution in [3.8, 4) is 0 Å². The van der Waals surface area contributed by atoms with E-state index in [-0.39, 0.29) is 6.10 Å². The van der Waals surface area contributed by atoms with Crippen LogP contribution in [0.2, 0.25) is 0 Å². The zero-order valence-electron chi connectivity index (χ0n) is 9.97. The summed E-state index contributed by atoms with van der Waals surface area (Å²) in [7, 11) is 0. The normalized spacial score (nSPS) is 26.9. The van der Waals surface area contributed by atoms with Gasteiger partial charge in [0.2, 0.25) is 0 Å². The van der Waals surface area contributed by atoms with Gasteiger partial charge < -0.3 is 10.0 Å². The van der Waals surface area contributed by atoms with Crippen LogP contribution in [0.4, 0.5) is 0 Å². The van der Waals surface area contributed by atoms with Gasteiger partial charge in [0, 0.05) is 19.6 Å². The largest absolute Gasteiger partial charge is 0.393 e. The van der Waals surface area contributed by atoms with Gasteiger partial charge in [0.1, 0.15) is 0 Å². The molecule has 1 fully saturated rings. The minimum Gasteiger partial charge on any atom is -0.393 e. The SMILES string of the molecule is CC1CN(CCc2ccccc2)CCC1O. The molecule has 2 atom stereocenters. The highest BCUT2D eigenvalue weighted by molar-refractivity contribution is 5.14. The summed E-state index contributed by atoms with van der Waals surface area (Å²) in [6.45, 7) is 5.33. The predicted molar refractivity (Wildman–Crippen MR) is 66.4 cm³/mol. The average Bonchev–Trinajstić information content (AvgIpc) is 2.32. The van der Waals surface area contributed by atoms with E-state index >= 15 is 0 Å². The summed E-state index contributed by atoms with van der Waals surface area (Å²) in [5, 5.41) is 9.65. The Labute approximate surface area is 97.9 Å². The zero-order chi connectivity index (χ0) is 11.4. The quantitative estimate of drug-likeness (QED) is 0.839. The van der Waals surface area contributed by atoms with Crippen LogP contribution in [0, 0.1) is 5.92 Å². The van der Waals surface area contributed by atoms with Crippen LogP contribution in [0.1, 0.15) is 18.9 Å². The fourth-order valence-electron chi connectivity index (χ4n) is 2.35. The number of hydrogen-bond acceptors (Lipinski definition) is 2. The molecule has 1 N–H and O–H groups in total. The Morgan fingerprint density at radius 3 is 2.75 bits per heavy atom. The second-order valence-electron chi connectivity index (χ2n) is 4.87. The molecule has 1 aromatic rings. The zero-order valence-corrected chi connectivity index (χ0v) is 9.97. The fraction of sp³-hybridized carbons (Fsp3) is 0.571. The smallest absolute Gasteiger partial charge is 0.0590 e. The number of benzene rings is 1. The second kappa shape index (κ2) is 5.46. The Morgan fingerprint density at radius 1 is 1.31 bits per heavy atom. The van der Waals surface area contributed by atoms with E-state index in [0.717, 1.165) is 32.5 Å². The number of hydrogen-bond donors (Lipinski definition) is 1. The third-order valence-corrected chi connectivity index (χ3v) is 3.50. The second-order valence-corrected chi connectivity index (χ2v) is 4.87. The first-order chi connectivity index (χ1) is 7.75. The van der Waals surface area contributed by atoms with Crippen LogP contribution >= 0.6 is 0 Å². The molecule has 2 heteroatoms. The summed E-state index contributed by atoms with van der Waals surface area (Å²) in [5.41, 5.74) is 1.40. The number of nitrogens with zero attached hydrogens (tertiary/aromatic N) is 1. The molecule has 0 aromatic heterocycles. The van der Waals surface area contributed by atoms with Gasteiger partial charge in [0.25, 0.3) is 0 Å². The van der Waals surface area contributed by atoms with Crippen LogP contribution in [0.5, 0.6) is 0 Å². The number of rotatable bonds is 3. The maximum Gasteiger partial charge on any atom is 0.0590 e. The molecule has 0 spiro atoms. The fourth-order valence-corrected chi connectivity index (χ4v) is 2.35. The van der Waals surface area contributed by atoms with Gasteiger partial charge in [-0.3, -0.25) is 0 Å². The number of aliphatic hydroxyl groups excluding tert-OH is 1. The molecule has 88 valence electrons. The Balaban J connectivity index is 1.79. The Kier molecular flexibility index (Phi) is 3.97. The van der Waals surface area contributed by atoms with Gasteiger partial charge in [0.15, 0.2) is 0 Å². The molecule has 2 unspecified atom stereocenters. The van der Waals surface area contributed by atoms with Crippen LogP contribution in [-0.2, 0) is 6.42 Å². The molecule has 0 radical (unpaired) electrons. The number of likely N-dealkylation sites (tertiary alicyclic amines) is 1. The number of piperidine rings is 1. The third kappa shape index (κ3) is 3.06. The van der Waals surface area contributed by atoms with Crippen molar-refractivity contribution in [2.45, 2.75) is 25.9 Å². The van der Waals surface area contributed by atoms with Crippen molar-refractivity contribution in [1.29, 1.82) is 0 Å². The molecule has 0 amide bonds. The van der Waals surface area contributed by atoms with Crippen LogP contribution in [0.25, 0.3) is 0 Å². The van der Waals surface area contributed by atoms with E-state index in [1.807, 2.05) is 0 Å². The van der Waals surface area contributed by atoms with E-state index < -0.39 is 0 Å². The molecule has 1 aliphatic rings. The predicted octanol–water partition coefficient (Wildman–Crippen LogP) is 1.93. The van der Waals surface area contributed by atoms with E-state index in [1.165, 1.54) is 5.56 Å². The van der Waals surface area contributed by atoms with Crippen LogP contribution in [-0.4, -0.2) is 35.7 Å². The lowest BCUT2D eigenvalue weighted by atomic mass is 9.96. The standard InChI is InChI=1S/C14H21NO/c1-12-11-15(10-8-14(12)16)9-7-13-5-3-2-4-6-13/h2-6,12,14,16H,7-11H2,1H3. The summed E-state index contributed by atoms with van der Waals surface area (Å²) in [6.07, 6.45) is 1.95. The molecule has 1 aromatic carbocycles. The minimum absolute atomic E-state index is 0.0898. The molecule has 1 heterocycles. The van der Waals surface area contributed by atoms with Gasteiger partial charge in [-0.05, 0) is 24.3 Å². The van der Waals surface area contributed by atoms with Gasteiger partial charge >= 0.3 is 0 Å². The molecular weight excluding hydrogens is 198 g/mol. The van der Waals surface area contributed by atoms with Gasteiger partial charge in [-0.1, -0.05) is 37.3 Å². The average molecular weight is 219 g/mol. The van der Waals surface area contributed by atoms with Gasteiger partial charge in [-0.2, -0.15) is 0 Å². The monoisotopic (exact) mass is 219 g/mol. The molecular formula is C14H21NO. The first-order valence-electron chi connectivity index (χ1n) is 6.20. The highest BCUT2D eigenvalue weighted by Crippen LogP contribution is 2.16. The van der Waals surface area contributed by atoms with Crippen molar-refractivity contribution in [3.05, 3.63) is 35.9 Å². The summed E-state index contributed by atoms with van der Waals surface area (Å²) < 4.78 is 0. The van der Waals surface area contributed by atoms with Crippen LogP contribution in [0.3, 0.4) is 0 Å². The lowest BCUT2D eigenvalue weighted by Crippen LogP contribution is -2.42. The minimum atomic E-state index is -0.0898. The summed E-state index contributed by atoms with van der Waals surface area (Å²) in [6, 6.07) is 10.6. The van der Waals surface area contributed by atoms with E-state index in [9.17, 15) is 5.11 Å². The van der Waals surface area contributed by atoms with Crippen molar-refractivity contribution >= 4 is 0 Å². The van der Waals surface area contributed by atoms with E-state index in [0.29, 0.717) is 5.92 Å². The van der Waals surface area contributed by atoms with Crippen LogP contribution < -0.4 is 0 Å². The molecule has 0 saturated carbocycles. The summed E-state index contributed by atoms with van der Waals surface area (Å²) in [4.78, 5) is 2.46. The lowest BCUT2D eigenvalue weighted by Gasteiger charge is -2.34. The highest BCUT2D eigenvalue weighted by Gasteiger charge is 2.23. The number of aliphatic hydroxyl groups is 1. The molecule has 2 nitrogen and oxygen atoms in total. The Hall–Kier alpha value is -0.860. The van der Waals surface area contributed by atoms with E-state index in [4.69, 9.17) is 0 Å². The first-order valence-corrected chi connectivity index (χ1v) is 6.20. The van der Waals surface area contributed by atoms with Gasteiger partial charge in [-0.15, -0.1) is 0 Å². The van der Waals surface area contributed by atoms with Crippen molar-refractivity contribution in [1.82, 2.24) is 4.90 Å². The van der Waals surface area contributed by atoms with Crippen molar-refractivity contribution in [3.63, 3.8) is 0 Å². The maximum absolute atomic E-state index is 9.65. The van der Waals surface area contributed by atoms with Crippen molar-refractivity contribution in [2.24, 2.45) is 5.92 Å². The lowest BCUT2D eigenvalue weighted by molar-refractivity contribution is 0.0356. The summed E-state index contributed by atoms with van der Waals surface area (Å²) >= 11 is 0. The van der Waals surface area contributed by atoms with Gasteiger partial charge in [0.05, 0.1) is 6.10 Å². The van der Waals surface area contributed by atoms with Crippen molar-refractivity contribution in [2.75, 3.05) is 19.6 Å². The first kappa shape index (κ1) is 11.6. The van der Waals surface area contributed by atoms with Crippen LogP contribution in [0.15, 0.2) is 30.3 Å². The molecule has 1 saturated heterocycles. The molecule has 2 rings (SSSR count). The summed E-state index contributed by atoms with van der Waals surface area (Å²) in [5.74, 6) is 0.421. The van der Waals surface area contributed by atoms with E-state index in [2.05, 4.69) is 42.2 Å². The third-order valence-electron chi connectivity index (χ3n) is 3.50. The molecule has 1 aliphatic heterocycles. The molecule has 16 heavy (non-hydrogen) atoms. The topological polar surface area (TPSA) is 23.5 Å². The molecule has 0 aliphatic carbocycles.